The maximum atomic E-state index is 12.4. The first-order valence-corrected chi connectivity index (χ1v) is 9.18. The van der Waals surface area contributed by atoms with Gasteiger partial charge >= 0.3 is 0 Å². The van der Waals surface area contributed by atoms with E-state index in [1.807, 2.05) is 0 Å². The summed E-state index contributed by atoms with van der Waals surface area (Å²) in [5.41, 5.74) is 2.03. The second-order valence-corrected chi connectivity index (χ2v) is 8.96. The molecule has 1 nitrogen and oxygen atoms in total. The molecular formula is C20H30O. The van der Waals surface area contributed by atoms with E-state index in [0.29, 0.717) is 17.1 Å². The number of carbonyl (C=O) groups excluding carboxylic acids is 1. The van der Waals surface area contributed by atoms with Gasteiger partial charge in [-0.1, -0.05) is 38.8 Å². The fourth-order valence-electron chi connectivity index (χ4n) is 7.08. The number of rotatable bonds is 0. The molecule has 0 amide bonds. The summed E-state index contributed by atoms with van der Waals surface area (Å²) in [6, 6.07) is 0. The molecule has 0 aromatic carbocycles. The van der Waals surface area contributed by atoms with E-state index in [4.69, 9.17) is 0 Å². The van der Waals surface area contributed by atoms with Gasteiger partial charge in [-0.15, -0.1) is 0 Å². The van der Waals surface area contributed by atoms with Gasteiger partial charge in [0, 0.05) is 11.8 Å². The number of carbonyl (C=O) groups is 1. The fourth-order valence-corrected chi connectivity index (χ4v) is 7.08. The Balaban J connectivity index is 1.71. The molecule has 4 rings (SSSR count). The minimum Gasteiger partial charge on any atom is -0.299 e. The molecule has 0 spiro atoms. The van der Waals surface area contributed by atoms with Crippen LogP contribution in [0.25, 0.3) is 0 Å². The molecule has 116 valence electrons. The lowest BCUT2D eigenvalue weighted by Gasteiger charge is -2.60. The van der Waals surface area contributed by atoms with Crippen LogP contribution in [0, 0.1) is 34.5 Å². The molecule has 4 fully saturated rings. The van der Waals surface area contributed by atoms with Gasteiger partial charge in [-0.05, 0) is 67.6 Å². The largest absolute Gasteiger partial charge is 0.299 e. The van der Waals surface area contributed by atoms with Crippen LogP contribution in [0.1, 0.15) is 71.6 Å². The molecule has 4 aliphatic carbocycles. The Kier molecular flexibility index (Phi) is 2.98. The maximum Gasteiger partial charge on any atom is 0.139 e. The summed E-state index contributed by atoms with van der Waals surface area (Å²) < 4.78 is 0. The summed E-state index contributed by atoms with van der Waals surface area (Å²) in [5.74, 6) is 3.60. The first kappa shape index (κ1) is 14.0. The topological polar surface area (TPSA) is 17.1 Å². The van der Waals surface area contributed by atoms with Crippen LogP contribution in [-0.4, -0.2) is 5.78 Å². The van der Waals surface area contributed by atoms with Crippen LogP contribution in [-0.2, 0) is 4.79 Å². The third-order valence-electron chi connectivity index (χ3n) is 8.24. The highest BCUT2D eigenvalue weighted by Gasteiger charge is 2.60. The van der Waals surface area contributed by atoms with E-state index < -0.39 is 0 Å². The van der Waals surface area contributed by atoms with Crippen LogP contribution >= 0.6 is 0 Å². The van der Waals surface area contributed by atoms with Gasteiger partial charge in [0.15, 0.2) is 0 Å². The van der Waals surface area contributed by atoms with E-state index in [0.717, 1.165) is 37.0 Å². The van der Waals surface area contributed by atoms with Gasteiger partial charge in [0.25, 0.3) is 0 Å². The summed E-state index contributed by atoms with van der Waals surface area (Å²) in [4.78, 5) is 12.4. The first-order chi connectivity index (χ1) is 9.97. The number of Topliss-reactive ketones (excluding diaryl/α,β-unsaturated/α-hetero) is 1. The second-order valence-electron chi connectivity index (χ2n) is 8.96. The van der Waals surface area contributed by atoms with Crippen molar-refractivity contribution in [2.24, 2.45) is 34.5 Å². The third-order valence-corrected chi connectivity index (χ3v) is 8.24. The fraction of sp³-hybridized carbons (Fsp3) is 0.850. The molecule has 4 aliphatic rings. The number of fused-ring (bicyclic) bond motifs is 5. The van der Waals surface area contributed by atoms with Gasteiger partial charge in [-0.2, -0.15) is 0 Å². The molecule has 0 saturated heterocycles. The van der Waals surface area contributed by atoms with Crippen LogP contribution in [0.4, 0.5) is 0 Å². The lowest BCUT2D eigenvalue weighted by atomic mass is 9.44. The molecule has 0 aliphatic heterocycles. The number of hydrogen-bond donors (Lipinski definition) is 0. The Morgan fingerprint density at radius 3 is 2.67 bits per heavy atom. The predicted octanol–water partition coefficient (Wildman–Crippen LogP) is 5.15. The molecule has 0 unspecified atom stereocenters. The zero-order valence-corrected chi connectivity index (χ0v) is 13.8. The monoisotopic (exact) mass is 286 g/mol. The lowest BCUT2D eigenvalue weighted by molar-refractivity contribution is -0.135. The Labute approximate surface area is 129 Å². The third kappa shape index (κ3) is 1.72. The van der Waals surface area contributed by atoms with Gasteiger partial charge in [-0.3, -0.25) is 4.79 Å². The Morgan fingerprint density at radius 1 is 1.05 bits per heavy atom. The van der Waals surface area contributed by atoms with E-state index in [9.17, 15) is 4.79 Å². The average Bonchev–Trinajstić information content (AvgIpc) is 2.75. The molecule has 0 radical (unpaired) electrons. The summed E-state index contributed by atoms with van der Waals surface area (Å²) in [7, 11) is 0. The van der Waals surface area contributed by atoms with Gasteiger partial charge in [0.05, 0.1) is 0 Å². The zero-order chi connectivity index (χ0) is 14.8. The van der Waals surface area contributed by atoms with Crippen LogP contribution in [0.5, 0.6) is 0 Å². The normalized spacial score (nSPS) is 53.0. The number of hydrogen-bond acceptors (Lipinski definition) is 1. The highest BCUT2D eigenvalue weighted by molar-refractivity contribution is 5.87. The van der Waals surface area contributed by atoms with Crippen LogP contribution < -0.4 is 0 Å². The van der Waals surface area contributed by atoms with Crippen molar-refractivity contribution in [2.45, 2.75) is 71.6 Å². The predicted molar refractivity (Wildman–Crippen MR) is 85.9 cm³/mol. The maximum absolute atomic E-state index is 12.4. The van der Waals surface area contributed by atoms with Gasteiger partial charge in [0.2, 0.25) is 0 Å². The van der Waals surface area contributed by atoms with E-state index in [2.05, 4.69) is 20.4 Å². The van der Waals surface area contributed by atoms with Crippen molar-refractivity contribution in [1.29, 1.82) is 0 Å². The molecule has 6 atom stereocenters. The van der Waals surface area contributed by atoms with Crippen molar-refractivity contribution in [2.75, 3.05) is 0 Å². The molecule has 21 heavy (non-hydrogen) atoms. The average molecular weight is 286 g/mol. The van der Waals surface area contributed by atoms with Gasteiger partial charge < -0.3 is 0 Å². The number of allylic oxidation sites excluding steroid dienone is 1. The summed E-state index contributed by atoms with van der Waals surface area (Å²) in [6.07, 6.45) is 11.3. The Bertz CT molecular complexity index is 492. The second kappa shape index (κ2) is 4.46. The van der Waals surface area contributed by atoms with Crippen molar-refractivity contribution < 1.29 is 4.79 Å². The molecule has 0 heterocycles. The SMILES string of the molecule is C=C1C[C@@H]2[C@H](CC[C@]3(C)C(=O)CC[C@@H]23)[C@@]2(C)CCCC[C@H]12. The molecular weight excluding hydrogens is 256 g/mol. The van der Waals surface area contributed by atoms with Crippen molar-refractivity contribution in [3.05, 3.63) is 12.2 Å². The molecule has 0 aromatic heterocycles. The summed E-state index contributed by atoms with van der Waals surface area (Å²) >= 11 is 0. The van der Waals surface area contributed by atoms with Gasteiger partial charge in [-0.25, -0.2) is 0 Å². The molecule has 0 bridgehead atoms. The minimum atomic E-state index is 0.0132. The summed E-state index contributed by atoms with van der Waals surface area (Å²) in [5, 5.41) is 0. The minimum absolute atomic E-state index is 0.0132. The van der Waals surface area contributed by atoms with E-state index in [1.165, 1.54) is 44.1 Å². The van der Waals surface area contributed by atoms with Gasteiger partial charge in [0.1, 0.15) is 5.78 Å². The van der Waals surface area contributed by atoms with E-state index in [-0.39, 0.29) is 5.41 Å². The van der Waals surface area contributed by atoms with Crippen LogP contribution in [0.3, 0.4) is 0 Å². The van der Waals surface area contributed by atoms with E-state index in [1.54, 1.807) is 0 Å². The first-order valence-electron chi connectivity index (χ1n) is 9.18. The van der Waals surface area contributed by atoms with Crippen molar-refractivity contribution >= 4 is 5.78 Å². The molecule has 0 aromatic rings. The zero-order valence-electron chi connectivity index (χ0n) is 13.8. The Hall–Kier alpha value is -0.590. The standard InChI is InChI=1S/C20H30O/c1-13-12-14-16-7-8-18(21)20(16,3)11-9-17(14)19(2)10-5-4-6-15(13)19/h14-17H,1,4-12H2,2-3H3/t14-,15+,16-,17-,19-,20-/m0/s1. The molecule has 0 N–H and O–H groups in total. The smallest absolute Gasteiger partial charge is 0.139 e. The van der Waals surface area contributed by atoms with Crippen LogP contribution in [0.2, 0.25) is 0 Å². The van der Waals surface area contributed by atoms with Crippen LogP contribution in [0.15, 0.2) is 12.2 Å². The highest BCUT2D eigenvalue weighted by atomic mass is 16.1. The lowest BCUT2D eigenvalue weighted by Crippen LogP contribution is -2.53. The Morgan fingerprint density at radius 2 is 1.86 bits per heavy atom. The van der Waals surface area contributed by atoms with Crippen molar-refractivity contribution in [1.82, 2.24) is 0 Å². The van der Waals surface area contributed by atoms with Crippen molar-refractivity contribution in [3.8, 4) is 0 Å². The highest BCUT2D eigenvalue weighted by Crippen LogP contribution is 2.66. The number of ketones is 1. The van der Waals surface area contributed by atoms with Crippen molar-refractivity contribution in [3.63, 3.8) is 0 Å². The molecule has 4 saturated carbocycles. The quantitative estimate of drug-likeness (QED) is 0.562. The molecule has 1 heteroatoms. The summed E-state index contributed by atoms with van der Waals surface area (Å²) in [6.45, 7) is 9.35. The van der Waals surface area contributed by atoms with E-state index >= 15 is 0 Å².